The predicted octanol–water partition coefficient (Wildman–Crippen LogP) is 4.83. The van der Waals surface area contributed by atoms with Crippen molar-refractivity contribution in [2.75, 3.05) is 12.4 Å². The van der Waals surface area contributed by atoms with Crippen molar-refractivity contribution in [3.8, 4) is 11.5 Å². The van der Waals surface area contributed by atoms with Crippen LogP contribution >= 0.6 is 27.5 Å². The zero-order chi connectivity index (χ0) is 17.0. The zero-order valence-corrected chi connectivity index (χ0v) is 15.4. The van der Waals surface area contributed by atoms with E-state index in [0.717, 1.165) is 10.0 Å². The second-order valence-corrected chi connectivity index (χ2v) is 6.33. The lowest BCUT2D eigenvalue weighted by Gasteiger charge is -2.17. The molecule has 23 heavy (non-hydrogen) atoms. The first-order valence-corrected chi connectivity index (χ1v) is 8.15. The van der Waals surface area contributed by atoms with Gasteiger partial charge in [0, 0.05) is 15.6 Å². The molecule has 0 spiro atoms. The highest BCUT2D eigenvalue weighted by Crippen LogP contribution is 2.31. The highest BCUT2D eigenvalue weighted by molar-refractivity contribution is 9.10. The van der Waals surface area contributed by atoms with Crippen LogP contribution in [0, 0.1) is 6.92 Å². The molecule has 0 aliphatic carbocycles. The Bertz CT molecular complexity index is 704. The number of carbonyl (C=O) groups is 1. The molecule has 0 saturated heterocycles. The number of ether oxygens (including phenoxy) is 2. The molecule has 4 nitrogen and oxygen atoms in total. The SMILES string of the molecule is COc1cc(Cl)c(C)cc1NC(=O)[C@H](C)Oc1ccc(Br)cc1. The largest absolute Gasteiger partial charge is 0.495 e. The fourth-order valence-electron chi connectivity index (χ4n) is 1.93. The summed E-state index contributed by atoms with van der Waals surface area (Å²) >= 11 is 9.42. The molecule has 0 aromatic heterocycles. The number of amides is 1. The molecule has 0 fully saturated rings. The Balaban J connectivity index is 2.09. The number of rotatable bonds is 5. The van der Waals surface area contributed by atoms with Crippen molar-refractivity contribution in [3.05, 3.63) is 51.5 Å². The third-order valence-corrected chi connectivity index (χ3v) is 4.17. The van der Waals surface area contributed by atoms with E-state index in [1.807, 2.05) is 19.1 Å². The molecule has 2 aromatic carbocycles. The van der Waals surface area contributed by atoms with Crippen LogP contribution in [0.3, 0.4) is 0 Å². The predicted molar refractivity (Wildman–Crippen MR) is 95.6 cm³/mol. The maximum Gasteiger partial charge on any atom is 0.265 e. The van der Waals surface area contributed by atoms with Crippen molar-refractivity contribution in [3.63, 3.8) is 0 Å². The maximum absolute atomic E-state index is 12.3. The van der Waals surface area contributed by atoms with E-state index in [0.29, 0.717) is 22.2 Å². The number of anilines is 1. The monoisotopic (exact) mass is 397 g/mol. The van der Waals surface area contributed by atoms with Crippen molar-refractivity contribution in [2.24, 2.45) is 0 Å². The number of halogens is 2. The van der Waals surface area contributed by atoms with Crippen molar-refractivity contribution >= 4 is 39.1 Å². The summed E-state index contributed by atoms with van der Waals surface area (Å²) in [6.45, 7) is 3.55. The molecule has 1 N–H and O–H groups in total. The van der Waals surface area contributed by atoms with Gasteiger partial charge < -0.3 is 14.8 Å². The molecule has 1 atom stereocenters. The molecule has 0 unspecified atom stereocenters. The van der Waals surface area contributed by atoms with Gasteiger partial charge in [-0.05, 0) is 49.7 Å². The fourth-order valence-corrected chi connectivity index (χ4v) is 2.35. The molecule has 0 saturated carbocycles. The van der Waals surface area contributed by atoms with Crippen LogP contribution in [0.4, 0.5) is 5.69 Å². The van der Waals surface area contributed by atoms with Crippen LogP contribution in [0.25, 0.3) is 0 Å². The van der Waals surface area contributed by atoms with Crippen molar-refractivity contribution < 1.29 is 14.3 Å². The highest BCUT2D eigenvalue weighted by Gasteiger charge is 2.17. The number of hydrogen-bond acceptors (Lipinski definition) is 3. The molecule has 0 radical (unpaired) electrons. The van der Waals surface area contributed by atoms with E-state index < -0.39 is 6.10 Å². The van der Waals surface area contributed by atoms with Crippen LogP contribution in [-0.2, 0) is 4.79 Å². The normalized spacial score (nSPS) is 11.7. The molecule has 0 heterocycles. The Morgan fingerprint density at radius 2 is 1.91 bits per heavy atom. The van der Waals surface area contributed by atoms with Gasteiger partial charge >= 0.3 is 0 Å². The molecule has 122 valence electrons. The molecular weight excluding hydrogens is 382 g/mol. The van der Waals surface area contributed by atoms with E-state index in [-0.39, 0.29) is 5.91 Å². The van der Waals surface area contributed by atoms with Gasteiger partial charge in [-0.15, -0.1) is 0 Å². The third kappa shape index (κ3) is 4.62. The van der Waals surface area contributed by atoms with Gasteiger partial charge in [0.1, 0.15) is 11.5 Å². The van der Waals surface area contributed by atoms with Gasteiger partial charge in [-0.3, -0.25) is 4.79 Å². The number of methoxy groups -OCH3 is 1. The first kappa shape index (κ1) is 17.6. The fraction of sp³-hybridized carbons (Fsp3) is 0.235. The minimum Gasteiger partial charge on any atom is -0.495 e. The molecule has 2 aromatic rings. The van der Waals surface area contributed by atoms with Gasteiger partial charge in [0.15, 0.2) is 6.10 Å². The molecular formula is C17H17BrClNO3. The summed E-state index contributed by atoms with van der Waals surface area (Å²) in [5.41, 5.74) is 1.41. The van der Waals surface area contributed by atoms with Crippen LogP contribution in [-0.4, -0.2) is 19.1 Å². The molecule has 1 amide bonds. The second kappa shape index (κ2) is 7.70. The number of aryl methyl sites for hydroxylation is 1. The van der Waals surface area contributed by atoms with E-state index in [2.05, 4.69) is 21.2 Å². The molecule has 0 aliphatic rings. The minimum atomic E-state index is -0.656. The number of hydrogen-bond donors (Lipinski definition) is 1. The molecule has 2 rings (SSSR count). The lowest BCUT2D eigenvalue weighted by Crippen LogP contribution is -2.30. The second-order valence-electron chi connectivity index (χ2n) is 5.00. The standard InChI is InChI=1S/C17H17BrClNO3/c1-10-8-15(16(22-3)9-14(10)19)20-17(21)11(2)23-13-6-4-12(18)5-7-13/h4-9,11H,1-3H3,(H,20,21)/t11-/m0/s1. The highest BCUT2D eigenvalue weighted by atomic mass is 79.9. The minimum absolute atomic E-state index is 0.270. The number of nitrogens with one attached hydrogen (secondary N) is 1. The lowest BCUT2D eigenvalue weighted by atomic mass is 10.2. The molecule has 0 aliphatic heterocycles. The summed E-state index contributed by atoms with van der Waals surface area (Å²) in [5, 5.41) is 3.39. The van der Waals surface area contributed by atoms with Gasteiger partial charge in [0.2, 0.25) is 0 Å². The molecule has 6 heteroatoms. The Hall–Kier alpha value is -1.72. The van der Waals surface area contributed by atoms with Crippen molar-refractivity contribution in [1.29, 1.82) is 0 Å². The summed E-state index contributed by atoms with van der Waals surface area (Å²) < 4.78 is 11.8. The van der Waals surface area contributed by atoms with Crippen LogP contribution in [0.5, 0.6) is 11.5 Å². The van der Waals surface area contributed by atoms with E-state index in [9.17, 15) is 4.79 Å². The van der Waals surface area contributed by atoms with E-state index >= 15 is 0 Å². The topological polar surface area (TPSA) is 47.6 Å². The zero-order valence-electron chi connectivity index (χ0n) is 13.0. The molecule has 0 bridgehead atoms. The van der Waals surface area contributed by atoms with E-state index in [1.54, 1.807) is 31.2 Å². The van der Waals surface area contributed by atoms with Crippen LogP contribution < -0.4 is 14.8 Å². The summed E-state index contributed by atoms with van der Waals surface area (Å²) in [7, 11) is 1.53. The van der Waals surface area contributed by atoms with Gasteiger partial charge in [0.05, 0.1) is 12.8 Å². The van der Waals surface area contributed by atoms with Crippen LogP contribution in [0.1, 0.15) is 12.5 Å². The Morgan fingerprint density at radius 3 is 2.52 bits per heavy atom. The number of carbonyl (C=O) groups excluding carboxylic acids is 1. The van der Waals surface area contributed by atoms with Crippen LogP contribution in [0.15, 0.2) is 40.9 Å². The summed E-state index contributed by atoms with van der Waals surface area (Å²) in [4.78, 5) is 12.3. The average molecular weight is 399 g/mol. The average Bonchev–Trinajstić information content (AvgIpc) is 2.52. The third-order valence-electron chi connectivity index (χ3n) is 3.23. The number of benzene rings is 2. The van der Waals surface area contributed by atoms with Gasteiger partial charge in [0.25, 0.3) is 5.91 Å². The van der Waals surface area contributed by atoms with Crippen molar-refractivity contribution in [2.45, 2.75) is 20.0 Å². The Kier molecular flexibility index (Phi) is 5.91. The van der Waals surface area contributed by atoms with Crippen molar-refractivity contribution in [1.82, 2.24) is 0 Å². The lowest BCUT2D eigenvalue weighted by molar-refractivity contribution is -0.122. The quantitative estimate of drug-likeness (QED) is 0.785. The van der Waals surface area contributed by atoms with Gasteiger partial charge in [-0.25, -0.2) is 0 Å². The van der Waals surface area contributed by atoms with Crippen LogP contribution in [0.2, 0.25) is 5.02 Å². The van der Waals surface area contributed by atoms with Gasteiger partial charge in [-0.1, -0.05) is 27.5 Å². The summed E-state index contributed by atoms with van der Waals surface area (Å²) in [6.07, 6.45) is -0.656. The first-order chi connectivity index (χ1) is 10.9. The Morgan fingerprint density at radius 1 is 1.26 bits per heavy atom. The van der Waals surface area contributed by atoms with Gasteiger partial charge in [-0.2, -0.15) is 0 Å². The maximum atomic E-state index is 12.3. The first-order valence-electron chi connectivity index (χ1n) is 6.98. The van der Waals surface area contributed by atoms with E-state index in [1.165, 1.54) is 7.11 Å². The smallest absolute Gasteiger partial charge is 0.265 e. The summed E-state index contributed by atoms with van der Waals surface area (Å²) in [6, 6.07) is 10.7. The van der Waals surface area contributed by atoms with E-state index in [4.69, 9.17) is 21.1 Å². The summed E-state index contributed by atoms with van der Waals surface area (Å²) in [5.74, 6) is 0.854. The Labute approximate surface area is 148 Å².